The van der Waals surface area contributed by atoms with Crippen molar-refractivity contribution in [1.29, 1.82) is 0 Å². The van der Waals surface area contributed by atoms with E-state index in [1.165, 1.54) is 7.11 Å². The van der Waals surface area contributed by atoms with E-state index in [0.717, 1.165) is 12.1 Å². The second kappa shape index (κ2) is 7.18. The van der Waals surface area contributed by atoms with Crippen LogP contribution in [0.1, 0.15) is 10.5 Å². The molecule has 134 valence electrons. The minimum atomic E-state index is -0.902. The van der Waals surface area contributed by atoms with Gasteiger partial charge in [-0.05, 0) is 30.3 Å². The lowest BCUT2D eigenvalue weighted by atomic mass is 10.2. The molecule has 2 N–H and O–H groups in total. The number of carbonyl (C=O) groups is 2. The summed E-state index contributed by atoms with van der Waals surface area (Å²) >= 11 is 0. The molecule has 26 heavy (non-hydrogen) atoms. The first kappa shape index (κ1) is 17.3. The Kier molecular flexibility index (Phi) is 4.78. The number of H-pyrrole nitrogens is 1. The highest BCUT2D eigenvalue weighted by Crippen LogP contribution is 2.22. The zero-order valence-corrected chi connectivity index (χ0v) is 13.5. The third-order valence-corrected chi connectivity index (χ3v) is 3.48. The van der Waals surface area contributed by atoms with Gasteiger partial charge in [-0.1, -0.05) is 0 Å². The third-order valence-electron chi connectivity index (χ3n) is 3.48. The molecule has 0 aliphatic carbocycles. The molecule has 9 heteroatoms. The zero-order valence-electron chi connectivity index (χ0n) is 13.5. The van der Waals surface area contributed by atoms with Crippen LogP contribution in [0.4, 0.5) is 14.5 Å². The normalized spacial score (nSPS) is 10.6. The summed E-state index contributed by atoms with van der Waals surface area (Å²) in [5.41, 5.74) is 1.06. The number of methoxy groups -OCH3 is 1. The van der Waals surface area contributed by atoms with Crippen LogP contribution >= 0.6 is 0 Å². The van der Waals surface area contributed by atoms with Gasteiger partial charge in [0, 0.05) is 17.1 Å². The van der Waals surface area contributed by atoms with Gasteiger partial charge in [0.2, 0.25) is 0 Å². The van der Waals surface area contributed by atoms with Crippen molar-refractivity contribution in [2.24, 2.45) is 0 Å². The van der Waals surface area contributed by atoms with Crippen molar-refractivity contribution < 1.29 is 27.8 Å². The highest BCUT2D eigenvalue weighted by Gasteiger charge is 2.15. The average Bonchev–Trinajstić information content (AvgIpc) is 3.03. The second-order valence-corrected chi connectivity index (χ2v) is 5.24. The number of rotatable bonds is 5. The maximum absolute atomic E-state index is 13.5. The third kappa shape index (κ3) is 3.61. The number of fused-ring (bicyclic) bond motifs is 1. The van der Waals surface area contributed by atoms with E-state index in [4.69, 9.17) is 4.74 Å². The Balaban J connectivity index is 1.69. The van der Waals surface area contributed by atoms with Gasteiger partial charge in [0.15, 0.2) is 23.9 Å². The number of amides is 1. The molecule has 1 aromatic heterocycles. The summed E-state index contributed by atoms with van der Waals surface area (Å²) in [6.45, 7) is -0.476. The molecule has 1 heterocycles. The van der Waals surface area contributed by atoms with Crippen molar-refractivity contribution in [3.05, 3.63) is 53.7 Å². The number of benzene rings is 2. The van der Waals surface area contributed by atoms with Crippen molar-refractivity contribution in [2.75, 3.05) is 19.0 Å². The number of nitrogens with one attached hydrogen (secondary N) is 2. The number of aromatic amines is 1. The first-order valence-electron chi connectivity index (χ1n) is 7.42. The molecule has 0 fully saturated rings. The van der Waals surface area contributed by atoms with Crippen molar-refractivity contribution in [1.82, 2.24) is 10.2 Å². The molecule has 0 spiro atoms. The lowest BCUT2D eigenvalue weighted by Crippen LogP contribution is -2.20. The largest absolute Gasteiger partial charge is 0.481 e. The first-order valence-corrected chi connectivity index (χ1v) is 7.42. The fourth-order valence-electron chi connectivity index (χ4n) is 2.28. The lowest BCUT2D eigenvalue weighted by Gasteiger charge is -2.08. The number of aromatic nitrogens is 2. The van der Waals surface area contributed by atoms with Crippen LogP contribution in [0.5, 0.6) is 5.75 Å². The zero-order chi connectivity index (χ0) is 18.7. The van der Waals surface area contributed by atoms with E-state index >= 15 is 0 Å². The molecule has 0 bridgehead atoms. The molecule has 3 aromatic rings. The van der Waals surface area contributed by atoms with E-state index in [-0.39, 0.29) is 11.4 Å². The number of ether oxygens (including phenoxy) is 2. The standard InChI is InChI=1S/C17H13F2N3O4/c1-25-17(24)16-11-7-10(3-4-13(11)21-22-16)20-15(23)8-26-14-5-2-9(18)6-12(14)19/h2-7H,8H2,1H3,(H,20,23)(H,21,22). The Labute approximate surface area is 145 Å². The topological polar surface area (TPSA) is 93.3 Å². The Morgan fingerprint density at radius 1 is 1.19 bits per heavy atom. The van der Waals surface area contributed by atoms with E-state index in [1.807, 2.05) is 0 Å². The number of hydrogen-bond acceptors (Lipinski definition) is 5. The van der Waals surface area contributed by atoms with Gasteiger partial charge < -0.3 is 14.8 Å². The van der Waals surface area contributed by atoms with Crippen molar-refractivity contribution in [3.8, 4) is 5.75 Å². The smallest absolute Gasteiger partial charge is 0.359 e. The second-order valence-electron chi connectivity index (χ2n) is 5.24. The molecular weight excluding hydrogens is 348 g/mol. The fourth-order valence-corrected chi connectivity index (χ4v) is 2.28. The number of hydrogen-bond donors (Lipinski definition) is 2. The van der Waals surface area contributed by atoms with E-state index < -0.39 is 30.1 Å². The molecule has 0 saturated heterocycles. The summed E-state index contributed by atoms with van der Waals surface area (Å²) in [7, 11) is 1.24. The maximum atomic E-state index is 13.5. The van der Waals surface area contributed by atoms with Gasteiger partial charge in [-0.25, -0.2) is 13.6 Å². The van der Waals surface area contributed by atoms with Crippen LogP contribution in [0.15, 0.2) is 36.4 Å². The summed E-state index contributed by atoms with van der Waals surface area (Å²) < 4.78 is 36.0. The molecule has 1 amide bonds. The molecule has 3 rings (SSSR count). The fraction of sp³-hybridized carbons (Fsp3) is 0.118. The summed E-state index contributed by atoms with van der Waals surface area (Å²) in [5, 5.41) is 9.58. The highest BCUT2D eigenvalue weighted by atomic mass is 19.1. The Morgan fingerprint density at radius 2 is 2.00 bits per heavy atom. The van der Waals surface area contributed by atoms with Crippen LogP contribution < -0.4 is 10.1 Å². The van der Waals surface area contributed by atoms with Gasteiger partial charge in [0.05, 0.1) is 12.6 Å². The number of esters is 1. The predicted molar refractivity (Wildman–Crippen MR) is 87.9 cm³/mol. The minimum Gasteiger partial charge on any atom is -0.481 e. The molecule has 0 unspecified atom stereocenters. The van der Waals surface area contributed by atoms with Crippen LogP contribution in [0.25, 0.3) is 10.9 Å². The van der Waals surface area contributed by atoms with Gasteiger partial charge in [-0.3, -0.25) is 9.89 Å². The van der Waals surface area contributed by atoms with Gasteiger partial charge in [0.25, 0.3) is 5.91 Å². The lowest BCUT2D eigenvalue weighted by molar-refractivity contribution is -0.118. The Morgan fingerprint density at radius 3 is 2.73 bits per heavy atom. The molecule has 0 aliphatic rings. The number of anilines is 1. The minimum absolute atomic E-state index is 0.0863. The van der Waals surface area contributed by atoms with Crippen molar-refractivity contribution in [3.63, 3.8) is 0 Å². The van der Waals surface area contributed by atoms with Gasteiger partial charge >= 0.3 is 5.97 Å². The van der Waals surface area contributed by atoms with E-state index in [1.54, 1.807) is 18.2 Å². The molecule has 2 aromatic carbocycles. The van der Waals surface area contributed by atoms with Crippen LogP contribution in [-0.2, 0) is 9.53 Å². The first-order chi connectivity index (χ1) is 12.5. The van der Waals surface area contributed by atoms with Gasteiger partial charge in [-0.2, -0.15) is 5.10 Å². The summed E-state index contributed by atoms with van der Waals surface area (Å²) in [6.07, 6.45) is 0. The predicted octanol–water partition coefficient (Wildman–Crippen LogP) is 2.65. The SMILES string of the molecule is COC(=O)c1n[nH]c2ccc(NC(=O)COc3ccc(F)cc3F)cc12. The molecule has 7 nitrogen and oxygen atoms in total. The summed E-state index contributed by atoms with van der Waals surface area (Å²) in [5.74, 6) is -3.06. The number of nitrogens with zero attached hydrogens (tertiary/aromatic N) is 1. The van der Waals surface area contributed by atoms with Crippen LogP contribution in [0.2, 0.25) is 0 Å². The van der Waals surface area contributed by atoms with Gasteiger partial charge in [-0.15, -0.1) is 0 Å². The summed E-state index contributed by atoms with van der Waals surface area (Å²) in [4.78, 5) is 23.6. The van der Waals surface area contributed by atoms with Crippen LogP contribution in [0, 0.1) is 11.6 Å². The summed E-state index contributed by atoms with van der Waals surface area (Å²) in [6, 6.07) is 7.55. The van der Waals surface area contributed by atoms with E-state index in [0.29, 0.717) is 22.7 Å². The highest BCUT2D eigenvalue weighted by molar-refractivity contribution is 6.04. The number of halogens is 2. The van der Waals surface area contributed by atoms with Crippen molar-refractivity contribution in [2.45, 2.75) is 0 Å². The Bertz CT molecular complexity index is 987. The molecule has 0 aliphatic heterocycles. The van der Waals surface area contributed by atoms with Crippen LogP contribution in [0.3, 0.4) is 0 Å². The molecular formula is C17H13F2N3O4. The number of carbonyl (C=O) groups excluding carboxylic acids is 2. The monoisotopic (exact) mass is 361 g/mol. The Hall–Kier alpha value is -3.49. The van der Waals surface area contributed by atoms with Gasteiger partial charge in [0.1, 0.15) is 5.82 Å². The van der Waals surface area contributed by atoms with E-state index in [9.17, 15) is 18.4 Å². The molecule has 0 radical (unpaired) electrons. The van der Waals surface area contributed by atoms with E-state index in [2.05, 4.69) is 20.3 Å². The van der Waals surface area contributed by atoms with Crippen LogP contribution in [-0.4, -0.2) is 35.8 Å². The molecule has 0 saturated carbocycles. The molecule has 0 atom stereocenters. The van der Waals surface area contributed by atoms with Crippen molar-refractivity contribution >= 4 is 28.5 Å². The maximum Gasteiger partial charge on any atom is 0.359 e. The average molecular weight is 361 g/mol. The quantitative estimate of drug-likeness (QED) is 0.682.